The fraction of sp³-hybridized carbons (Fsp3) is 0.611. The fourth-order valence-electron chi connectivity index (χ4n) is 3.82. The third-order valence-corrected chi connectivity index (χ3v) is 5.11. The lowest BCUT2D eigenvalue weighted by molar-refractivity contribution is -0.123. The zero-order valence-electron chi connectivity index (χ0n) is 13.8. The molecule has 6 nitrogen and oxygen atoms in total. The number of nitrogens with zero attached hydrogens (tertiary/aromatic N) is 2. The predicted molar refractivity (Wildman–Crippen MR) is 87.2 cm³/mol. The van der Waals surface area contributed by atoms with Crippen LogP contribution in [0.4, 0.5) is 0 Å². The highest BCUT2D eigenvalue weighted by molar-refractivity contribution is 5.93. The van der Waals surface area contributed by atoms with E-state index in [-0.39, 0.29) is 24.3 Å². The Morgan fingerprint density at radius 3 is 2.83 bits per heavy atom. The summed E-state index contributed by atoms with van der Waals surface area (Å²) in [5, 5.41) is 12.3. The molecule has 2 heterocycles. The molecule has 0 spiro atoms. The summed E-state index contributed by atoms with van der Waals surface area (Å²) in [6.45, 7) is 1.06. The van der Waals surface area contributed by atoms with Gasteiger partial charge in [0.2, 0.25) is 5.91 Å². The maximum Gasteiger partial charge on any atom is 0.235 e. The molecule has 1 saturated heterocycles. The van der Waals surface area contributed by atoms with Crippen LogP contribution in [-0.2, 0) is 4.79 Å². The number of hydrogen-bond acceptors (Lipinski definition) is 5. The highest BCUT2D eigenvalue weighted by Gasteiger charge is 2.36. The summed E-state index contributed by atoms with van der Waals surface area (Å²) in [5.74, 6) is 0.234. The van der Waals surface area contributed by atoms with Gasteiger partial charge in [-0.2, -0.15) is 5.26 Å². The fourth-order valence-corrected chi connectivity index (χ4v) is 3.82. The van der Waals surface area contributed by atoms with Crippen LogP contribution in [0.1, 0.15) is 55.5 Å². The summed E-state index contributed by atoms with van der Waals surface area (Å²) in [5.41, 5.74) is -0.684. The Labute approximate surface area is 141 Å². The standard InChI is InChI=1S/C18H23N3O3/c19-13-18(7-1-2-8-18)20-17(23)12-21-9-3-5-14(21)11-15(22)16-6-4-10-24-16/h4,6,10,14H,1-3,5,7-9,11-12H2,(H,20,23)/t14-/m0/s1. The minimum atomic E-state index is -0.684. The number of nitriles is 1. The summed E-state index contributed by atoms with van der Waals surface area (Å²) in [4.78, 5) is 26.6. The molecule has 6 heteroatoms. The molecule has 1 aromatic heterocycles. The Bertz CT molecular complexity index is 626. The molecule has 2 aliphatic rings. The van der Waals surface area contributed by atoms with Crippen molar-refractivity contribution in [2.45, 2.75) is 56.5 Å². The number of ketones is 1. The molecule has 1 amide bonds. The number of furan rings is 1. The number of Topliss-reactive ketones (excluding diaryl/α,β-unsaturated/α-hetero) is 1. The van der Waals surface area contributed by atoms with Gasteiger partial charge >= 0.3 is 0 Å². The maximum atomic E-state index is 12.4. The van der Waals surface area contributed by atoms with Crippen molar-refractivity contribution < 1.29 is 14.0 Å². The number of hydrogen-bond donors (Lipinski definition) is 1. The van der Waals surface area contributed by atoms with Gasteiger partial charge in [0.15, 0.2) is 11.5 Å². The van der Waals surface area contributed by atoms with Crippen LogP contribution in [0.25, 0.3) is 0 Å². The first kappa shape index (κ1) is 16.7. The van der Waals surface area contributed by atoms with E-state index in [1.54, 1.807) is 12.1 Å². The molecule has 128 valence electrons. The number of amides is 1. The van der Waals surface area contributed by atoms with E-state index in [1.807, 2.05) is 0 Å². The van der Waals surface area contributed by atoms with Crippen LogP contribution in [0.3, 0.4) is 0 Å². The Morgan fingerprint density at radius 1 is 1.38 bits per heavy atom. The molecular weight excluding hydrogens is 306 g/mol. The summed E-state index contributed by atoms with van der Waals surface area (Å²) in [7, 11) is 0. The molecule has 24 heavy (non-hydrogen) atoms. The second-order valence-electron chi connectivity index (χ2n) is 6.82. The summed E-state index contributed by atoms with van der Waals surface area (Å²) in [6.07, 6.45) is 7.18. The molecule has 1 aliphatic carbocycles. The predicted octanol–water partition coefficient (Wildman–Crippen LogP) is 2.27. The molecule has 0 bridgehead atoms. The lowest BCUT2D eigenvalue weighted by atomic mass is 10.00. The highest BCUT2D eigenvalue weighted by atomic mass is 16.3. The summed E-state index contributed by atoms with van der Waals surface area (Å²) >= 11 is 0. The van der Waals surface area contributed by atoms with Crippen molar-refractivity contribution in [3.8, 4) is 6.07 Å². The number of rotatable bonds is 6. The molecule has 0 aromatic carbocycles. The zero-order valence-corrected chi connectivity index (χ0v) is 13.8. The number of likely N-dealkylation sites (tertiary alicyclic amines) is 1. The quantitative estimate of drug-likeness (QED) is 0.809. The number of carbonyl (C=O) groups is 2. The summed E-state index contributed by atoms with van der Waals surface area (Å²) in [6, 6.07) is 5.72. The van der Waals surface area contributed by atoms with Gasteiger partial charge < -0.3 is 9.73 Å². The maximum absolute atomic E-state index is 12.4. The minimum Gasteiger partial charge on any atom is -0.461 e. The average molecular weight is 329 g/mol. The van der Waals surface area contributed by atoms with Crippen molar-refractivity contribution in [2.24, 2.45) is 0 Å². The van der Waals surface area contributed by atoms with Crippen LogP contribution in [0, 0.1) is 11.3 Å². The molecule has 1 saturated carbocycles. The molecule has 2 fully saturated rings. The zero-order chi connectivity index (χ0) is 17.0. The SMILES string of the molecule is N#CC1(NC(=O)CN2CCC[C@H]2CC(=O)c2ccco2)CCCC1. The Hall–Kier alpha value is -2.13. The van der Waals surface area contributed by atoms with Gasteiger partial charge in [-0.05, 0) is 57.2 Å². The third kappa shape index (κ3) is 3.68. The molecule has 1 aromatic rings. The van der Waals surface area contributed by atoms with Crippen molar-refractivity contribution >= 4 is 11.7 Å². The largest absolute Gasteiger partial charge is 0.461 e. The van der Waals surface area contributed by atoms with Gasteiger partial charge in [0.1, 0.15) is 5.54 Å². The molecule has 3 rings (SSSR count). The first-order valence-corrected chi connectivity index (χ1v) is 8.65. The average Bonchev–Trinajstić information content (AvgIpc) is 3.30. The summed E-state index contributed by atoms with van der Waals surface area (Å²) < 4.78 is 5.15. The number of nitrogens with one attached hydrogen (secondary N) is 1. The van der Waals surface area contributed by atoms with Crippen LogP contribution < -0.4 is 5.32 Å². The van der Waals surface area contributed by atoms with Crippen molar-refractivity contribution in [3.05, 3.63) is 24.2 Å². The van der Waals surface area contributed by atoms with Gasteiger partial charge in [-0.1, -0.05) is 0 Å². The van der Waals surface area contributed by atoms with Crippen LogP contribution in [0.5, 0.6) is 0 Å². The first-order chi connectivity index (χ1) is 11.6. The highest BCUT2D eigenvalue weighted by Crippen LogP contribution is 2.29. The van der Waals surface area contributed by atoms with Gasteiger partial charge in [-0.15, -0.1) is 0 Å². The normalized spacial score (nSPS) is 23.0. The van der Waals surface area contributed by atoms with Crippen molar-refractivity contribution in [1.29, 1.82) is 5.26 Å². The molecular formula is C18H23N3O3. The lowest BCUT2D eigenvalue weighted by Crippen LogP contribution is -2.49. The number of carbonyl (C=O) groups excluding carboxylic acids is 2. The van der Waals surface area contributed by atoms with Crippen LogP contribution >= 0.6 is 0 Å². The van der Waals surface area contributed by atoms with Crippen LogP contribution in [-0.4, -0.2) is 41.3 Å². The van der Waals surface area contributed by atoms with E-state index in [9.17, 15) is 14.9 Å². The topological polar surface area (TPSA) is 86.3 Å². The van der Waals surface area contributed by atoms with E-state index in [4.69, 9.17) is 4.42 Å². The molecule has 0 radical (unpaired) electrons. The second-order valence-corrected chi connectivity index (χ2v) is 6.82. The van der Waals surface area contributed by atoms with Gasteiger partial charge in [-0.25, -0.2) is 0 Å². The van der Waals surface area contributed by atoms with Crippen LogP contribution in [0.15, 0.2) is 22.8 Å². The first-order valence-electron chi connectivity index (χ1n) is 8.65. The van der Waals surface area contributed by atoms with E-state index < -0.39 is 5.54 Å². The Kier molecular flexibility index (Phi) is 5.00. The Balaban J connectivity index is 1.55. The van der Waals surface area contributed by atoms with Crippen molar-refractivity contribution in [3.63, 3.8) is 0 Å². The van der Waals surface area contributed by atoms with E-state index in [1.165, 1.54) is 6.26 Å². The van der Waals surface area contributed by atoms with Gasteiger partial charge in [0.25, 0.3) is 0 Å². The van der Waals surface area contributed by atoms with Gasteiger partial charge in [-0.3, -0.25) is 14.5 Å². The van der Waals surface area contributed by atoms with Crippen LogP contribution in [0.2, 0.25) is 0 Å². The van der Waals surface area contributed by atoms with Crippen molar-refractivity contribution in [2.75, 3.05) is 13.1 Å². The minimum absolute atomic E-state index is 0.0263. The molecule has 0 unspecified atom stereocenters. The lowest BCUT2D eigenvalue weighted by Gasteiger charge is -2.27. The van der Waals surface area contributed by atoms with Gasteiger partial charge in [0, 0.05) is 12.5 Å². The third-order valence-electron chi connectivity index (χ3n) is 5.11. The molecule has 1 atom stereocenters. The smallest absolute Gasteiger partial charge is 0.235 e. The molecule has 1 aliphatic heterocycles. The van der Waals surface area contributed by atoms with E-state index in [0.29, 0.717) is 12.2 Å². The monoisotopic (exact) mass is 329 g/mol. The van der Waals surface area contributed by atoms with E-state index >= 15 is 0 Å². The van der Waals surface area contributed by atoms with Gasteiger partial charge in [0.05, 0.1) is 18.9 Å². The van der Waals surface area contributed by atoms with E-state index in [2.05, 4.69) is 16.3 Å². The van der Waals surface area contributed by atoms with Crippen molar-refractivity contribution in [1.82, 2.24) is 10.2 Å². The Morgan fingerprint density at radius 2 is 2.17 bits per heavy atom. The molecule has 1 N–H and O–H groups in total. The second kappa shape index (κ2) is 7.18. The van der Waals surface area contributed by atoms with E-state index in [0.717, 1.165) is 45.1 Å².